The van der Waals surface area contributed by atoms with Gasteiger partial charge in [-0.1, -0.05) is 19.4 Å². The molecule has 2 atom stereocenters. The molecule has 4 heteroatoms. The molecule has 0 radical (unpaired) electrons. The third kappa shape index (κ3) is 3.26. The first-order chi connectivity index (χ1) is 9.11. The molecule has 1 amide bonds. The summed E-state index contributed by atoms with van der Waals surface area (Å²) in [6, 6.07) is 5.62. The Morgan fingerprint density at radius 2 is 2.32 bits per heavy atom. The number of rotatable bonds is 4. The van der Waals surface area contributed by atoms with Gasteiger partial charge in [0.25, 0.3) is 0 Å². The zero-order chi connectivity index (χ0) is 13.8. The van der Waals surface area contributed by atoms with Gasteiger partial charge >= 0.3 is 0 Å². The Hall–Kier alpha value is -1.55. The molecule has 0 heterocycles. The van der Waals surface area contributed by atoms with E-state index in [4.69, 9.17) is 11.5 Å². The molecule has 0 saturated heterocycles. The molecule has 1 aliphatic rings. The van der Waals surface area contributed by atoms with Crippen molar-refractivity contribution in [2.75, 3.05) is 5.73 Å². The van der Waals surface area contributed by atoms with Gasteiger partial charge in [0.05, 0.1) is 12.1 Å². The molecule has 1 aromatic carbocycles. The second-order valence-electron chi connectivity index (χ2n) is 5.31. The van der Waals surface area contributed by atoms with Crippen molar-refractivity contribution >= 4 is 11.6 Å². The Labute approximate surface area is 114 Å². The van der Waals surface area contributed by atoms with Crippen molar-refractivity contribution < 1.29 is 4.79 Å². The minimum absolute atomic E-state index is 0.0449. The largest absolute Gasteiger partial charge is 0.399 e. The van der Waals surface area contributed by atoms with Gasteiger partial charge in [0.2, 0.25) is 5.91 Å². The van der Waals surface area contributed by atoms with Crippen LogP contribution in [0.3, 0.4) is 0 Å². The molecule has 4 nitrogen and oxygen atoms in total. The predicted octanol–water partition coefficient (Wildman–Crippen LogP) is 1.89. The summed E-state index contributed by atoms with van der Waals surface area (Å²) in [5.41, 5.74) is 14.9. The van der Waals surface area contributed by atoms with Crippen LogP contribution in [0.2, 0.25) is 0 Å². The standard InChI is InChI=1S/C15H23N3O/c1-2-4-13(17)15(19)18-14-6-3-5-10-9-11(16)7-8-12(10)14/h7-9,13-14H,2-6,16-17H2,1H3,(H,18,19). The summed E-state index contributed by atoms with van der Waals surface area (Å²) < 4.78 is 0. The second-order valence-corrected chi connectivity index (χ2v) is 5.31. The number of aryl methyl sites for hydroxylation is 1. The summed E-state index contributed by atoms with van der Waals surface area (Å²) in [6.07, 6.45) is 4.74. The van der Waals surface area contributed by atoms with Gasteiger partial charge in [-0.2, -0.15) is 0 Å². The summed E-state index contributed by atoms with van der Waals surface area (Å²) in [4.78, 5) is 12.0. The Bertz CT molecular complexity index is 459. The molecular weight excluding hydrogens is 238 g/mol. The molecule has 0 saturated carbocycles. The lowest BCUT2D eigenvalue weighted by molar-refractivity contribution is -0.123. The van der Waals surface area contributed by atoms with Gasteiger partial charge in [-0.05, 0) is 48.9 Å². The number of nitrogens with one attached hydrogen (secondary N) is 1. The van der Waals surface area contributed by atoms with Crippen LogP contribution in [0.4, 0.5) is 5.69 Å². The van der Waals surface area contributed by atoms with Gasteiger partial charge in [0.15, 0.2) is 0 Å². The molecule has 0 spiro atoms. The van der Waals surface area contributed by atoms with Crippen molar-refractivity contribution in [3.63, 3.8) is 0 Å². The van der Waals surface area contributed by atoms with Crippen molar-refractivity contribution in [1.82, 2.24) is 5.32 Å². The number of carbonyl (C=O) groups excluding carboxylic acids is 1. The first-order valence-corrected chi connectivity index (χ1v) is 7.06. The van der Waals surface area contributed by atoms with E-state index in [1.807, 2.05) is 25.1 Å². The minimum atomic E-state index is -0.399. The maximum absolute atomic E-state index is 12.0. The van der Waals surface area contributed by atoms with E-state index in [0.717, 1.165) is 37.8 Å². The second kappa shape index (κ2) is 6.06. The van der Waals surface area contributed by atoms with Crippen LogP contribution in [0.5, 0.6) is 0 Å². The third-order valence-corrected chi connectivity index (χ3v) is 3.73. The number of nitrogen functional groups attached to an aromatic ring is 1. The minimum Gasteiger partial charge on any atom is -0.399 e. The molecule has 0 aromatic heterocycles. The number of hydrogen-bond donors (Lipinski definition) is 3. The van der Waals surface area contributed by atoms with Crippen LogP contribution in [-0.4, -0.2) is 11.9 Å². The molecular formula is C15H23N3O. The maximum Gasteiger partial charge on any atom is 0.237 e. The van der Waals surface area contributed by atoms with Crippen molar-refractivity contribution in [3.05, 3.63) is 29.3 Å². The summed E-state index contributed by atoms with van der Waals surface area (Å²) in [6.45, 7) is 2.03. The van der Waals surface area contributed by atoms with Gasteiger partial charge in [-0.3, -0.25) is 4.79 Å². The van der Waals surface area contributed by atoms with E-state index in [0.29, 0.717) is 0 Å². The first-order valence-electron chi connectivity index (χ1n) is 7.06. The number of carbonyl (C=O) groups is 1. The number of hydrogen-bond acceptors (Lipinski definition) is 3. The average molecular weight is 261 g/mol. The molecule has 2 unspecified atom stereocenters. The van der Waals surface area contributed by atoms with Gasteiger partial charge in [-0.15, -0.1) is 0 Å². The third-order valence-electron chi connectivity index (χ3n) is 3.73. The summed E-state index contributed by atoms with van der Waals surface area (Å²) >= 11 is 0. The van der Waals surface area contributed by atoms with Crippen LogP contribution in [0.25, 0.3) is 0 Å². The zero-order valence-corrected chi connectivity index (χ0v) is 11.5. The van der Waals surface area contributed by atoms with E-state index < -0.39 is 6.04 Å². The van der Waals surface area contributed by atoms with Crippen LogP contribution in [0.15, 0.2) is 18.2 Å². The van der Waals surface area contributed by atoms with Gasteiger partial charge in [0.1, 0.15) is 0 Å². The molecule has 0 bridgehead atoms. The predicted molar refractivity (Wildman–Crippen MR) is 77.6 cm³/mol. The summed E-state index contributed by atoms with van der Waals surface area (Å²) in [5, 5.41) is 3.07. The molecule has 0 aliphatic heterocycles. The first kappa shape index (κ1) is 13.9. The lowest BCUT2D eigenvalue weighted by atomic mass is 9.87. The SMILES string of the molecule is CCCC(N)C(=O)NC1CCCc2cc(N)ccc21. The van der Waals surface area contributed by atoms with Gasteiger partial charge < -0.3 is 16.8 Å². The maximum atomic E-state index is 12.0. The van der Waals surface area contributed by atoms with E-state index in [2.05, 4.69) is 5.32 Å². The molecule has 2 rings (SSSR count). The molecule has 5 N–H and O–H groups in total. The quantitative estimate of drug-likeness (QED) is 0.724. The topological polar surface area (TPSA) is 81.1 Å². The van der Waals surface area contributed by atoms with E-state index in [1.165, 1.54) is 11.1 Å². The van der Waals surface area contributed by atoms with Crippen LogP contribution in [0.1, 0.15) is 49.8 Å². The Morgan fingerprint density at radius 3 is 3.05 bits per heavy atom. The van der Waals surface area contributed by atoms with Crippen LogP contribution < -0.4 is 16.8 Å². The fourth-order valence-corrected chi connectivity index (χ4v) is 2.71. The van der Waals surface area contributed by atoms with Crippen LogP contribution in [0, 0.1) is 0 Å². The Morgan fingerprint density at radius 1 is 1.53 bits per heavy atom. The molecule has 1 aliphatic carbocycles. The highest BCUT2D eigenvalue weighted by Crippen LogP contribution is 2.30. The lowest BCUT2D eigenvalue weighted by Crippen LogP contribution is -2.42. The summed E-state index contributed by atoms with van der Waals surface area (Å²) in [5.74, 6) is -0.0449. The monoisotopic (exact) mass is 261 g/mol. The molecule has 19 heavy (non-hydrogen) atoms. The smallest absolute Gasteiger partial charge is 0.237 e. The van der Waals surface area contributed by atoms with E-state index in [1.54, 1.807) is 0 Å². The van der Waals surface area contributed by atoms with Crippen molar-refractivity contribution in [3.8, 4) is 0 Å². The Kier molecular flexibility index (Phi) is 4.43. The number of amides is 1. The van der Waals surface area contributed by atoms with Crippen molar-refractivity contribution in [1.29, 1.82) is 0 Å². The Balaban J connectivity index is 2.09. The van der Waals surface area contributed by atoms with E-state index >= 15 is 0 Å². The fourth-order valence-electron chi connectivity index (χ4n) is 2.71. The number of anilines is 1. The number of fused-ring (bicyclic) bond motifs is 1. The number of benzene rings is 1. The molecule has 104 valence electrons. The highest BCUT2D eigenvalue weighted by atomic mass is 16.2. The number of nitrogens with two attached hydrogens (primary N) is 2. The zero-order valence-electron chi connectivity index (χ0n) is 11.5. The van der Waals surface area contributed by atoms with E-state index in [9.17, 15) is 4.79 Å². The van der Waals surface area contributed by atoms with Crippen molar-refractivity contribution in [2.24, 2.45) is 5.73 Å². The average Bonchev–Trinajstić information content (AvgIpc) is 2.38. The van der Waals surface area contributed by atoms with Crippen molar-refractivity contribution in [2.45, 2.75) is 51.1 Å². The molecule has 0 fully saturated rings. The van der Waals surface area contributed by atoms with Crippen LogP contribution in [-0.2, 0) is 11.2 Å². The summed E-state index contributed by atoms with van der Waals surface area (Å²) in [7, 11) is 0. The van der Waals surface area contributed by atoms with Crippen LogP contribution >= 0.6 is 0 Å². The van der Waals surface area contributed by atoms with E-state index in [-0.39, 0.29) is 11.9 Å². The molecule has 1 aromatic rings. The lowest BCUT2D eigenvalue weighted by Gasteiger charge is -2.27. The highest BCUT2D eigenvalue weighted by Gasteiger charge is 2.23. The normalized spacial score (nSPS) is 19.6. The highest BCUT2D eigenvalue weighted by molar-refractivity contribution is 5.82. The van der Waals surface area contributed by atoms with Gasteiger partial charge in [-0.25, -0.2) is 0 Å². The van der Waals surface area contributed by atoms with Gasteiger partial charge in [0, 0.05) is 5.69 Å². The fraction of sp³-hybridized carbons (Fsp3) is 0.533.